The van der Waals surface area contributed by atoms with E-state index in [1.54, 1.807) is 6.20 Å². The molecule has 1 aromatic heterocycles. The summed E-state index contributed by atoms with van der Waals surface area (Å²) in [5.74, 6) is 0.815. The molecule has 0 aliphatic rings. The zero-order chi connectivity index (χ0) is 10.6. The summed E-state index contributed by atoms with van der Waals surface area (Å²) in [5, 5.41) is 4.06. The molecule has 3 heteroatoms. The molecule has 3 nitrogen and oxygen atoms in total. The minimum atomic E-state index is 0.348. The van der Waals surface area contributed by atoms with Crippen molar-refractivity contribution in [1.82, 2.24) is 9.78 Å². The van der Waals surface area contributed by atoms with E-state index < -0.39 is 0 Å². The van der Waals surface area contributed by atoms with Gasteiger partial charge in [-0.05, 0) is 18.4 Å². The van der Waals surface area contributed by atoms with Crippen LogP contribution in [0.4, 0.5) is 0 Å². The molecule has 0 aliphatic heterocycles. The first kappa shape index (κ1) is 11.0. The first-order valence-electron chi connectivity index (χ1n) is 5.08. The molecule has 1 rings (SSSR count). The summed E-state index contributed by atoms with van der Waals surface area (Å²) in [6.07, 6.45) is 3.90. The monoisotopic (exact) mass is 194 g/mol. The highest BCUT2D eigenvalue weighted by molar-refractivity contribution is 5.78. The van der Waals surface area contributed by atoms with Crippen molar-refractivity contribution >= 4 is 5.78 Å². The number of carbonyl (C=O) groups excluding carboxylic acids is 1. The first-order chi connectivity index (χ1) is 6.59. The van der Waals surface area contributed by atoms with Crippen molar-refractivity contribution in [3.05, 3.63) is 18.0 Å². The van der Waals surface area contributed by atoms with Crippen LogP contribution in [0, 0.1) is 5.92 Å². The number of aryl methyl sites for hydroxylation is 2. The molecule has 78 valence electrons. The Morgan fingerprint density at radius 2 is 2.29 bits per heavy atom. The summed E-state index contributed by atoms with van der Waals surface area (Å²) in [6, 6.07) is 1.96. The predicted molar refractivity (Wildman–Crippen MR) is 56.0 cm³/mol. The van der Waals surface area contributed by atoms with Crippen molar-refractivity contribution in [3.63, 3.8) is 0 Å². The van der Waals surface area contributed by atoms with Crippen LogP contribution in [-0.4, -0.2) is 15.6 Å². The van der Waals surface area contributed by atoms with Crippen LogP contribution in [0.1, 0.15) is 32.4 Å². The molecular weight excluding hydrogens is 176 g/mol. The maximum atomic E-state index is 11.4. The number of hydrogen-bond acceptors (Lipinski definition) is 2. The third-order valence-electron chi connectivity index (χ3n) is 2.22. The van der Waals surface area contributed by atoms with Crippen LogP contribution in [0.3, 0.4) is 0 Å². The Labute approximate surface area is 85.1 Å². The van der Waals surface area contributed by atoms with Crippen LogP contribution in [-0.2, 0) is 18.3 Å². The highest BCUT2D eigenvalue weighted by Gasteiger charge is 2.06. The minimum Gasteiger partial charge on any atom is -0.300 e. The number of aromatic nitrogens is 2. The van der Waals surface area contributed by atoms with Gasteiger partial charge in [-0.15, -0.1) is 0 Å². The molecule has 0 N–H and O–H groups in total. The quantitative estimate of drug-likeness (QED) is 0.718. The fourth-order valence-electron chi connectivity index (χ4n) is 1.47. The fourth-order valence-corrected chi connectivity index (χ4v) is 1.47. The second kappa shape index (κ2) is 4.94. The maximum Gasteiger partial charge on any atom is 0.133 e. The first-order valence-corrected chi connectivity index (χ1v) is 5.08. The van der Waals surface area contributed by atoms with Crippen LogP contribution >= 0.6 is 0 Å². The number of carbonyl (C=O) groups is 1. The second-order valence-corrected chi connectivity index (χ2v) is 4.08. The lowest BCUT2D eigenvalue weighted by Gasteiger charge is -2.04. The lowest BCUT2D eigenvalue weighted by molar-refractivity contribution is -0.119. The lowest BCUT2D eigenvalue weighted by atomic mass is 10.0. The number of ketones is 1. The van der Waals surface area contributed by atoms with Gasteiger partial charge in [-0.1, -0.05) is 13.8 Å². The topological polar surface area (TPSA) is 34.9 Å². The number of nitrogens with zero attached hydrogens (tertiary/aromatic N) is 2. The Morgan fingerprint density at radius 1 is 1.57 bits per heavy atom. The zero-order valence-electron chi connectivity index (χ0n) is 9.16. The predicted octanol–water partition coefficient (Wildman–Crippen LogP) is 1.97. The van der Waals surface area contributed by atoms with Gasteiger partial charge >= 0.3 is 0 Å². The number of rotatable bonds is 5. The van der Waals surface area contributed by atoms with Gasteiger partial charge in [0.2, 0.25) is 0 Å². The molecule has 0 saturated carbocycles. The van der Waals surface area contributed by atoms with E-state index in [-0.39, 0.29) is 0 Å². The van der Waals surface area contributed by atoms with Crippen molar-refractivity contribution in [3.8, 4) is 0 Å². The zero-order valence-corrected chi connectivity index (χ0v) is 9.16. The van der Waals surface area contributed by atoms with Crippen LogP contribution in [0.25, 0.3) is 0 Å². The van der Waals surface area contributed by atoms with Gasteiger partial charge < -0.3 is 0 Å². The largest absolute Gasteiger partial charge is 0.300 e. The fraction of sp³-hybridized carbons (Fsp3) is 0.636. The molecule has 0 unspecified atom stereocenters. The lowest BCUT2D eigenvalue weighted by Crippen LogP contribution is -2.06. The van der Waals surface area contributed by atoms with Gasteiger partial charge in [0, 0.05) is 31.8 Å². The van der Waals surface area contributed by atoms with E-state index in [0.29, 0.717) is 24.5 Å². The molecule has 0 atom stereocenters. The molecule has 0 aromatic carbocycles. The van der Waals surface area contributed by atoms with E-state index in [4.69, 9.17) is 0 Å². The molecular formula is C11H18N2O. The van der Waals surface area contributed by atoms with Gasteiger partial charge in [0.25, 0.3) is 0 Å². The van der Waals surface area contributed by atoms with Gasteiger partial charge in [-0.25, -0.2) is 0 Å². The summed E-state index contributed by atoms with van der Waals surface area (Å²) >= 11 is 0. The van der Waals surface area contributed by atoms with Crippen molar-refractivity contribution in [2.75, 3.05) is 0 Å². The Hall–Kier alpha value is -1.12. The molecule has 14 heavy (non-hydrogen) atoms. The summed E-state index contributed by atoms with van der Waals surface area (Å²) in [6.45, 7) is 4.14. The second-order valence-electron chi connectivity index (χ2n) is 4.08. The number of hydrogen-bond donors (Lipinski definition) is 0. The van der Waals surface area contributed by atoms with E-state index in [9.17, 15) is 4.79 Å². The molecule has 0 spiro atoms. The van der Waals surface area contributed by atoms with E-state index in [1.807, 2.05) is 17.8 Å². The van der Waals surface area contributed by atoms with Crippen molar-refractivity contribution in [2.45, 2.75) is 33.1 Å². The Morgan fingerprint density at radius 3 is 2.79 bits per heavy atom. The number of Topliss-reactive ketones (excluding diaryl/α,β-unsaturated/α-hetero) is 1. The Balaban J connectivity index is 2.34. The molecule has 0 aliphatic carbocycles. The Bertz CT molecular complexity index is 302. The van der Waals surface area contributed by atoms with E-state index in [0.717, 1.165) is 12.1 Å². The molecule has 0 fully saturated rings. The van der Waals surface area contributed by atoms with Crippen LogP contribution in [0.5, 0.6) is 0 Å². The van der Waals surface area contributed by atoms with Crippen LogP contribution in [0.2, 0.25) is 0 Å². The van der Waals surface area contributed by atoms with Crippen molar-refractivity contribution in [2.24, 2.45) is 13.0 Å². The van der Waals surface area contributed by atoms with E-state index >= 15 is 0 Å². The summed E-state index contributed by atoms with van der Waals surface area (Å²) in [7, 11) is 1.91. The smallest absolute Gasteiger partial charge is 0.133 e. The minimum absolute atomic E-state index is 0.348. The van der Waals surface area contributed by atoms with Gasteiger partial charge in [0.05, 0.1) is 0 Å². The molecule has 0 radical (unpaired) electrons. The molecule has 1 heterocycles. The summed E-state index contributed by atoms with van der Waals surface area (Å²) in [4.78, 5) is 11.4. The maximum absolute atomic E-state index is 11.4. The molecule has 0 bridgehead atoms. The molecule has 0 saturated heterocycles. The average molecular weight is 194 g/mol. The standard InChI is InChI=1S/C11H18N2O/c1-9(2)8-11(14)5-4-10-6-7-12-13(10)3/h6-7,9H,4-5,8H2,1-3H3. The van der Waals surface area contributed by atoms with E-state index in [1.165, 1.54) is 0 Å². The highest BCUT2D eigenvalue weighted by atomic mass is 16.1. The average Bonchev–Trinajstić information content (AvgIpc) is 2.46. The SMILES string of the molecule is CC(C)CC(=O)CCc1ccnn1C. The van der Waals surface area contributed by atoms with Gasteiger partial charge in [0.1, 0.15) is 5.78 Å². The van der Waals surface area contributed by atoms with Crippen molar-refractivity contribution < 1.29 is 4.79 Å². The normalized spacial score (nSPS) is 10.9. The van der Waals surface area contributed by atoms with Crippen LogP contribution in [0.15, 0.2) is 12.3 Å². The molecule has 0 amide bonds. The van der Waals surface area contributed by atoms with Crippen molar-refractivity contribution in [1.29, 1.82) is 0 Å². The summed E-state index contributed by atoms with van der Waals surface area (Å²) in [5.41, 5.74) is 1.13. The summed E-state index contributed by atoms with van der Waals surface area (Å²) < 4.78 is 1.82. The van der Waals surface area contributed by atoms with E-state index in [2.05, 4.69) is 18.9 Å². The third kappa shape index (κ3) is 3.32. The Kier molecular flexibility index (Phi) is 3.86. The van der Waals surface area contributed by atoms with Crippen LogP contribution < -0.4 is 0 Å². The van der Waals surface area contributed by atoms with Gasteiger partial charge in [0.15, 0.2) is 0 Å². The third-order valence-corrected chi connectivity index (χ3v) is 2.22. The van der Waals surface area contributed by atoms with Gasteiger partial charge in [-0.3, -0.25) is 9.48 Å². The van der Waals surface area contributed by atoms with Gasteiger partial charge in [-0.2, -0.15) is 5.10 Å². The highest BCUT2D eigenvalue weighted by Crippen LogP contribution is 2.06. The molecule has 1 aromatic rings.